The third-order valence-corrected chi connectivity index (χ3v) is 5.65. The minimum atomic E-state index is -0.810. The van der Waals surface area contributed by atoms with Crippen molar-refractivity contribution in [1.29, 1.82) is 0 Å². The molecule has 0 aliphatic carbocycles. The molecule has 0 radical (unpaired) electrons. The number of hydrogen-bond donors (Lipinski definition) is 1. The van der Waals surface area contributed by atoms with Gasteiger partial charge < -0.3 is 14.6 Å². The zero-order chi connectivity index (χ0) is 12.1. The number of halogens is 1. The van der Waals surface area contributed by atoms with E-state index in [9.17, 15) is 9.90 Å². The van der Waals surface area contributed by atoms with Crippen molar-refractivity contribution in [2.45, 2.75) is 5.41 Å². The molecule has 2 fully saturated rings. The monoisotopic (exact) mass is 318 g/mol. The highest BCUT2D eigenvalue weighted by molar-refractivity contribution is 9.10. The van der Waals surface area contributed by atoms with Gasteiger partial charge in [-0.15, -0.1) is 11.3 Å². The van der Waals surface area contributed by atoms with Gasteiger partial charge in [0.2, 0.25) is 0 Å². The molecule has 2 saturated heterocycles. The smallest absolute Gasteiger partial charge is 0.315 e. The van der Waals surface area contributed by atoms with E-state index in [4.69, 9.17) is 9.47 Å². The lowest BCUT2D eigenvalue weighted by atomic mass is 9.59. The lowest BCUT2D eigenvalue weighted by Gasteiger charge is -2.56. The number of hydrogen-bond acceptors (Lipinski definition) is 4. The average Bonchev–Trinajstić information content (AvgIpc) is 2.54. The summed E-state index contributed by atoms with van der Waals surface area (Å²) in [5, 5.41) is 11.5. The molecule has 0 bridgehead atoms. The molecular formula is C11H11BrO4S. The van der Waals surface area contributed by atoms with Crippen LogP contribution in [-0.2, 0) is 19.7 Å². The predicted molar refractivity (Wildman–Crippen MR) is 65.4 cm³/mol. The van der Waals surface area contributed by atoms with Crippen LogP contribution < -0.4 is 0 Å². The molecule has 0 unspecified atom stereocenters. The predicted octanol–water partition coefficient (Wildman–Crippen LogP) is 1.88. The molecule has 92 valence electrons. The van der Waals surface area contributed by atoms with Gasteiger partial charge in [0.25, 0.3) is 0 Å². The Morgan fingerprint density at radius 1 is 1.35 bits per heavy atom. The second kappa shape index (κ2) is 3.78. The van der Waals surface area contributed by atoms with E-state index in [2.05, 4.69) is 15.9 Å². The fourth-order valence-electron chi connectivity index (χ4n) is 2.44. The van der Waals surface area contributed by atoms with E-state index < -0.39 is 16.8 Å². The van der Waals surface area contributed by atoms with Crippen molar-refractivity contribution in [1.82, 2.24) is 0 Å². The lowest BCUT2D eigenvalue weighted by molar-refractivity contribution is -0.235. The summed E-state index contributed by atoms with van der Waals surface area (Å²) in [6, 6.07) is 2.00. The molecule has 3 heterocycles. The lowest BCUT2D eigenvalue weighted by Crippen LogP contribution is -2.69. The van der Waals surface area contributed by atoms with Crippen LogP contribution >= 0.6 is 27.3 Å². The summed E-state index contributed by atoms with van der Waals surface area (Å²) < 4.78 is 11.5. The van der Waals surface area contributed by atoms with E-state index in [0.717, 1.165) is 9.35 Å². The average molecular weight is 319 g/mol. The highest BCUT2D eigenvalue weighted by atomic mass is 79.9. The van der Waals surface area contributed by atoms with Crippen LogP contribution in [0.3, 0.4) is 0 Å². The van der Waals surface area contributed by atoms with Gasteiger partial charge in [0.05, 0.1) is 31.8 Å². The maximum absolute atomic E-state index is 11.6. The Morgan fingerprint density at radius 3 is 2.29 bits per heavy atom. The molecule has 1 aromatic heterocycles. The summed E-state index contributed by atoms with van der Waals surface area (Å²) in [5.74, 6) is -0.781. The minimum Gasteiger partial charge on any atom is -0.481 e. The van der Waals surface area contributed by atoms with Gasteiger partial charge in [-0.05, 0) is 22.0 Å². The Balaban J connectivity index is 2.05. The van der Waals surface area contributed by atoms with Crippen LogP contribution in [-0.4, -0.2) is 37.5 Å². The van der Waals surface area contributed by atoms with Gasteiger partial charge in [-0.25, -0.2) is 0 Å². The van der Waals surface area contributed by atoms with Gasteiger partial charge in [-0.3, -0.25) is 4.79 Å². The Labute approximate surface area is 111 Å². The van der Waals surface area contributed by atoms with Crippen LogP contribution in [0.2, 0.25) is 0 Å². The van der Waals surface area contributed by atoms with Crippen LogP contribution in [0.4, 0.5) is 0 Å². The van der Waals surface area contributed by atoms with Gasteiger partial charge in [0, 0.05) is 14.7 Å². The quantitative estimate of drug-likeness (QED) is 0.924. The zero-order valence-electron chi connectivity index (χ0n) is 8.94. The Kier molecular flexibility index (Phi) is 2.59. The minimum absolute atomic E-state index is 0.279. The van der Waals surface area contributed by atoms with Crippen molar-refractivity contribution >= 4 is 33.2 Å². The number of thiophene rings is 1. The Hall–Kier alpha value is -0.430. The van der Waals surface area contributed by atoms with E-state index in [0.29, 0.717) is 13.2 Å². The van der Waals surface area contributed by atoms with E-state index in [-0.39, 0.29) is 13.2 Å². The molecular weight excluding hydrogens is 308 g/mol. The number of carbonyl (C=O) groups is 1. The van der Waals surface area contributed by atoms with Crippen molar-refractivity contribution in [2.75, 3.05) is 26.4 Å². The zero-order valence-corrected chi connectivity index (χ0v) is 11.3. The highest BCUT2D eigenvalue weighted by Crippen LogP contribution is 2.53. The fraction of sp³-hybridized carbons (Fsp3) is 0.545. The third-order valence-electron chi connectivity index (χ3n) is 3.76. The molecule has 0 atom stereocenters. The molecule has 1 N–H and O–H groups in total. The number of rotatable bonds is 3. The summed E-state index contributed by atoms with van der Waals surface area (Å²) >= 11 is 4.99. The number of carboxylic acids is 1. The first-order chi connectivity index (χ1) is 8.11. The van der Waals surface area contributed by atoms with Gasteiger partial charge >= 0.3 is 5.97 Å². The normalized spacial score (nSPS) is 24.8. The molecule has 0 saturated carbocycles. The molecule has 0 aromatic carbocycles. The molecule has 0 spiro atoms. The topological polar surface area (TPSA) is 55.8 Å². The van der Waals surface area contributed by atoms with E-state index in [1.54, 1.807) is 11.3 Å². The van der Waals surface area contributed by atoms with E-state index >= 15 is 0 Å². The number of ether oxygens (including phenoxy) is 2. The largest absolute Gasteiger partial charge is 0.481 e. The Bertz CT molecular complexity index is 462. The van der Waals surface area contributed by atoms with Crippen molar-refractivity contribution in [3.05, 3.63) is 20.8 Å². The maximum Gasteiger partial charge on any atom is 0.315 e. The summed E-state index contributed by atoms with van der Waals surface area (Å²) in [5.41, 5.74) is -1.22. The van der Waals surface area contributed by atoms with Crippen molar-refractivity contribution in [2.24, 2.45) is 5.41 Å². The molecule has 4 nitrogen and oxygen atoms in total. The number of aliphatic carboxylic acids is 1. The standard InChI is InChI=1S/C11H11BrO4S/c12-7-1-8(17-2-7)10(3-15-4-10)11(9(13)14)5-16-6-11/h1-2H,3-6H2,(H,13,14). The molecule has 1 aromatic rings. The molecule has 0 amide bonds. The van der Waals surface area contributed by atoms with E-state index in [1.807, 2.05) is 11.4 Å². The Morgan fingerprint density at radius 2 is 2.00 bits per heavy atom. The SMILES string of the molecule is O=C(O)C1(C2(c3cc(Br)cs3)COC2)COC1. The number of carboxylic acid groups (broad SMARTS) is 1. The summed E-state index contributed by atoms with van der Waals surface area (Å²) in [7, 11) is 0. The molecule has 2 aliphatic heterocycles. The molecule has 6 heteroatoms. The van der Waals surface area contributed by atoms with Gasteiger partial charge in [0.15, 0.2) is 0 Å². The van der Waals surface area contributed by atoms with Crippen LogP contribution in [0.15, 0.2) is 15.9 Å². The first-order valence-electron chi connectivity index (χ1n) is 5.24. The molecule has 17 heavy (non-hydrogen) atoms. The third kappa shape index (κ3) is 1.38. The van der Waals surface area contributed by atoms with Gasteiger partial charge in [-0.2, -0.15) is 0 Å². The van der Waals surface area contributed by atoms with Gasteiger partial charge in [0.1, 0.15) is 5.41 Å². The van der Waals surface area contributed by atoms with Crippen LogP contribution in [0.5, 0.6) is 0 Å². The first-order valence-corrected chi connectivity index (χ1v) is 6.91. The molecule has 2 aliphatic rings. The van der Waals surface area contributed by atoms with Crippen molar-refractivity contribution in [3.8, 4) is 0 Å². The van der Waals surface area contributed by atoms with Crippen molar-refractivity contribution < 1.29 is 19.4 Å². The van der Waals surface area contributed by atoms with E-state index in [1.165, 1.54) is 0 Å². The first kappa shape index (κ1) is 11.6. The highest BCUT2D eigenvalue weighted by Gasteiger charge is 2.66. The van der Waals surface area contributed by atoms with Crippen molar-refractivity contribution in [3.63, 3.8) is 0 Å². The second-order valence-electron chi connectivity index (χ2n) is 4.58. The van der Waals surface area contributed by atoms with Crippen LogP contribution in [0.1, 0.15) is 4.88 Å². The summed E-state index contributed by atoms with van der Waals surface area (Å²) in [6.45, 7) is 1.49. The molecule has 3 rings (SSSR count). The second-order valence-corrected chi connectivity index (χ2v) is 6.41. The summed E-state index contributed by atoms with van der Waals surface area (Å²) in [6.07, 6.45) is 0. The fourth-order valence-corrected chi connectivity index (χ4v) is 4.14. The summed E-state index contributed by atoms with van der Waals surface area (Å²) in [4.78, 5) is 12.7. The van der Waals surface area contributed by atoms with Crippen LogP contribution in [0, 0.1) is 5.41 Å². The van der Waals surface area contributed by atoms with Gasteiger partial charge in [-0.1, -0.05) is 0 Å². The maximum atomic E-state index is 11.6. The van der Waals surface area contributed by atoms with Crippen LogP contribution in [0.25, 0.3) is 0 Å².